The third kappa shape index (κ3) is 4.16. The molecule has 0 fully saturated rings. The molecule has 4 aromatic rings. The number of nitrogens with one attached hydrogen (secondary N) is 2. The van der Waals surface area contributed by atoms with Crippen molar-refractivity contribution in [3.05, 3.63) is 67.3 Å². The first kappa shape index (κ1) is 20.3. The van der Waals surface area contributed by atoms with Gasteiger partial charge in [-0.1, -0.05) is 20.4 Å². The summed E-state index contributed by atoms with van der Waals surface area (Å²) in [5.74, 6) is 0.934. The van der Waals surface area contributed by atoms with Crippen LogP contribution < -0.4 is 10.1 Å². The highest BCUT2D eigenvalue weighted by atomic mass is 16.5. The van der Waals surface area contributed by atoms with Gasteiger partial charge in [0.1, 0.15) is 11.5 Å². The topological polar surface area (TPSA) is 92.8 Å². The zero-order valence-corrected chi connectivity index (χ0v) is 17.6. The average Bonchev–Trinajstić information content (AvgIpc) is 3.22. The standard InChI is InChI=1S/C24H23N5O2/c1-5-22(30)29-21-10-16(9-20(28-21)14(2)3)17-8-18-19(13-27-24(18)26-12-17)15-6-7-25-23(11-15)31-4/h5-14H,1H2,2-4H3,(H,26,27)(H,28,29,30). The minimum absolute atomic E-state index is 0.197. The molecule has 4 aromatic heterocycles. The second-order valence-corrected chi connectivity index (χ2v) is 7.42. The van der Waals surface area contributed by atoms with Crippen LogP contribution in [0, 0.1) is 0 Å². The second kappa shape index (κ2) is 8.39. The van der Waals surface area contributed by atoms with Crippen molar-refractivity contribution in [2.24, 2.45) is 0 Å². The number of amides is 1. The SMILES string of the molecule is C=CC(=O)Nc1cc(-c2cnc3[nH]cc(-c4ccnc(OC)c4)c3c2)cc(C(C)C)n1. The predicted octanol–water partition coefficient (Wildman–Crippen LogP) is 4.94. The molecular weight excluding hydrogens is 390 g/mol. The van der Waals surface area contributed by atoms with E-state index in [1.54, 1.807) is 13.3 Å². The summed E-state index contributed by atoms with van der Waals surface area (Å²) in [4.78, 5) is 28.4. The van der Waals surface area contributed by atoms with E-state index in [0.717, 1.165) is 39.0 Å². The summed E-state index contributed by atoms with van der Waals surface area (Å²) in [6.45, 7) is 7.63. The number of hydrogen-bond acceptors (Lipinski definition) is 5. The molecule has 31 heavy (non-hydrogen) atoms. The number of hydrogen-bond donors (Lipinski definition) is 2. The average molecular weight is 413 g/mol. The molecule has 4 heterocycles. The molecule has 0 aliphatic rings. The van der Waals surface area contributed by atoms with E-state index >= 15 is 0 Å². The van der Waals surface area contributed by atoms with Crippen LogP contribution in [0.2, 0.25) is 0 Å². The first-order valence-electron chi connectivity index (χ1n) is 9.92. The fraction of sp³-hybridized carbons (Fsp3) is 0.167. The molecule has 156 valence electrons. The number of nitrogens with zero attached hydrogens (tertiary/aromatic N) is 3. The summed E-state index contributed by atoms with van der Waals surface area (Å²) in [6, 6.07) is 9.78. The van der Waals surface area contributed by atoms with E-state index in [1.165, 1.54) is 6.08 Å². The Bertz CT molecular complexity index is 1280. The lowest BCUT2D eigenvalue weighted by Crippen LogP contribution is -2.10. The van der Waals surface area contributed by atoms with Gasteiger partial charge in [-0.25, -0.2) is 15.0 Å². The Morgan fingerprint density at radius 1 is 1.16 bits per heavy atom. The molecule has 0 aliphatic heterocycles. The number of anilines is 1. The maximum atomic E-state index is 11.8. The molecular formula is C24H23N5O2. The summed E-state index contributed by atoms with van der Waals surface area (Å²) < 4.78 is 5.26. The van der Waals surface area contributed by atoms with Gasteiger partial charge in [0.25, 0.3) is 0 Å². The Morgan fingerprint density at radius 2 is 2.00 bits per heavy atom. The van der Waals surface area contributed by atoms with E-state index in [-0.39, 0.29) is 11.8 Å². The van der Waals surface area contributed by atoms with Gasteiger partial charge in [0.05, 0.1) is 7.11 Å². The van der Waals surface area contributed by atoms with Crippen molar-refractivity contribution in [1.82, 2.24) is 19.9 Å². The molecule has 0 unspecified atom stereocenters. The van der Waals surface area contributed by atoms with Gasteiger partial charge in [-0.3, -0.25) is 4.79 Å². The van der Waals surface area contributed by atoms with Crippen LogP contribution in [0.15, 0.2) is 61.6 Å². The quantitative estimate of drug-likeness (QED) is 0.437. The monoisotopic (exact) mass is 413 g/mol. The number of fused-ring (bicyclic) bond motifs is 1. The van der Waals surface area contributed by atoms with Gasteiger partial charge >= 0.3 is 0 Å². The molecule has 0 saturated carbocycles. The molecule has 0 saturated heterocycles. The number of carbonyl (C=O) groups excluding carboxylic acids is 1. The fourth-order valence-corrected chi connectivity index (χ4v) is 3.34. The Morgan fingerprint density at radius 3 is 2.74 bits per heavy atom. The van der Waals surface area contributed by atoms with Crippen LogP contribution in [0.3, 0.4) is 0 Å². The minimum atomic E-state index is -0.299. The number of carbonyl (C=O) groups is 1. The van der Waals surface area contributed by atoms with Crippen molar-refractivity contribution in [3.8, 4) is 28.1 Å². The number of H-pyrrole nitrogens is 1. The van der Waals surface area contributed by atoms with Crippen LogP contribution in [0.5, 0.6) is 5.88 Å². The largest absolute Gasteiger partial charge is 0.481 e. The highest BCUT2D eigenvalue weighted by Crippen LogP contribution is 2.33. The zero-order chi connectivity index (χ0) is 22.0. The minimum Gasteiger partial charge on any atom is -0.481 e. The van der Waals surface area contributed by atoms with E-state index in [4.69, 9.17) is 4.74 Å². The van der Waals surface area contributed by atoms with E-state index in [0.29, 0.717) is 11.7 Å². The number of ether oxygens (including phenoxy) is 1. The number of aromatic nitrogens is 4. The molecule has 0 radical (unpaired) electrons. The van der Waals surface area contributed by atoms with Crippen molar-refractivity contribution < 1.29 is 9.53 Å². The van der Waals surface area contributed by atoms with Crippen molar-refractivity contribution in [3.63, 3.8) is 0 Å². The first-order chi connectivity index (χ1) is 15.0. The third-order valence-corrected chi connectivity index (χ3v) is 4.99. The van der Waals surface area contributed by atoms with Crippen LogP contribution >= 0.6 is 0 Å². The smallest absolute Gasteiger partial charge is 0.248 e. The lowest BCUT2D eigenvalue weighted by molar-refractivity contribution is -0.111. The van der Waals surface area contributed by atoms with Gasteiger partial charge in [0.2, 0.25) is 11.8 Å². The highest BCUT2D eigenvalue weighted by Gasteiger charge is 2.13. The maximum Gasteiger partial charge on any atom is 0.248 e. The molecule has 7 nitrogen and oxygen atoms in total. The van der Waals surface area contributed by atoms with E-state index in [1.807, 2.05) is 36.7 Å². The normalized spacial score (nSPS) is 11.0. The highest BCUT2D eigenvalue weighted by molar-refractivity contribution is 5.99. The summed E-state index contributed by atoms with van der Waals surface area (Å²) in [5, 5.41) is 3.74. The van der Waals surface area contributed by atoms with Crippen LogP contribution in [0.4, 0.5) is 5.82 Å². The molecule has 0 aromatic carbocycles. The first-order valence-corrected chi connectivity index (χ1v) is 9.92. The third-order valence-electron chi connectivity index (χ3n) is 4.99. The predicted molar refractivity (Wildman–Crippen MR) is 122 cm³/mol. The zero-order valence-electron chi connectivity index (χ0n) is 17.6. The van der Waals surface area contributed by atoms with Gasteiger partial charge in [0.15, 0.2) is 0 Å². The molecule has 0 atom stereocenters. The lowest BCUT2D eigenvalue weighted by Gasteiger charge is -2.12. The summed E-state index contributed by atoms with van der Waals surface area (Å²) >= 11 is 0. The van der Waals surface area contributed by atoms with Crippen LogP contribution in [0.1, 0.15) is 25.5 Å². The molecule has 0 spiro atoms. The van der Waals surface area contributed by atoms with Crippen molar-refractivity contribution in [2.45, 2.75) is 19.8 Å². The fourth-order valence-electron chi connectivity index (χ4n) is 3.34. The van der Waals surface area contributed by atoms with Crippen LogP contribution in [-0.4, -0.2) is 33.0 Å². The van der Waals surface area contributed by atoms with Gasteiger partial charge < -0.3 is 15.0 Å². The van der Waals surface area contributed by atoms with E-state index in [2.05, 4.69) is 51.7 Å². The van der Waals surface area contributed by atoms with Gasteiger partial charge in [-0.15, -0.1) is 0 Å². The Kier molecular flexibility index (Phi) is 5.49. The summed E-state index contributed by atoms with van der Waals surface area (Å²) in [7, 11) is 1.60. The Hall–Kier alpha value is -4.00. The molecule has 4 rings (SSSR count). The van der Waals surface area contributed by atoms with Gasteiger partial charge in [0, 0.05) is 46.9 Å². The van der Waals surface area contributed by atoms with Crippen LogP contribution in [0.25, 0.3) is 33.3 Å². The number of pyridine rings is 3. The number of rotatable bonds is 6. The number of methoxy groups -OCH3 is 1. The Labute approximate surface area is 180 Å². The molecule has 0 bridgehead atoms. The molecule has 1 amide bonds. The second-order valence-electron chi connectivity index (χ2n) is 7.42. The summed E-state index contributed by atoms with van der Waals surface area (Å²) in [6.07, 6.45) is 6.69. The van der Waals surface area contributed by atoms with Gasteiger partial charge in [-0.05, 0) is 47.4 Å². The van der Waals surface area contributed by atoms with E-state index in [9.17, 15) is 4.79 Å². The van der Waals surface area contributed by atoms with E-state index < -0.39 is 0 Å². The van der Waals surface area contributed by atoms with Crippen molar-refractivity contribution >= 4 is 22.8 Å². The molecule has 2 N–H and O–H groups in total. The number of aromatic amines is 1. The van der Waals surface area contributed by atoms with Crippen molar-refractivity contribution in [1.29, 1.82) is 0 Å². The van der Waals surface area contributed by atoms with Gasteiger partial charge in [-0.2, -0.15) is 0 Å². The molecule has 0 aliphatic carbocycles. The Balaban J connectivity index is 1.83. The lowest BCUT2D eigenvalue weighted by atomic mass is 10.0. The van der Waals surface area contributed by atoms with Crippen molar-refractivity contribution in [2.75, 3.05) is 12.4 Å². The maximum absolute atomic E-state index is 11.8. The molecule has 7 heteroatoms. The van der Waals surface area contributed by atoms with Crippen LogP contribution in [-0.2, 0) is 4.79 Å². The summed E-state index contributed by atoms with van der Waals surface area (Å²) in [5.41, 5.74) is 5.50.